The maximum Gasteiger partial charge on any atom is 0.258 e. The van der Waals surface area contributed by atoms with Gasteiger partial charge in [-0.1, -0.05) is 0 Å². The highest BCUT2D eigenvalue weighted by Gasteiger charge is 2.06. The molecule has 18 heavy (non-hydrogen) atoms. The van der Waals surface area contributed by atoms with Gasteiger partial charge in [0.1, 0.15) is 12.4 Å². The Kier molecular flexibility index (Phi) is 4.23. The van der Waals surface area contributed by atoms with Crippen LogP contribution in [0.15, 0.2) is 36.4 Å². The molecule has 3 nitrogen and oxygen atoms in total. The molecule has 0 bridgehead atoms. The zero-order chi connectivity index (χ0) is 13.0. The van der Waals surface area contributed by atoms with E-state index < -0.39 is 5.91 Å². The normalized spacial score (nSPS) is 10.3. The molecule has 0 radical (unpaired) electrons. The fraction of sp³-hybridized carbons (Fsp3) is 0.154. The van der Waals surface area contributed by atoms with E-state index in [4.69, 9.17) is 22.1 Å². The minimum absolute atomic E-state index is 0.395. The Balaban J connectivity index is 2.15. The van der Waals surface area contributed by atoms with Gasteiger partial charge in [-0.05, 0) is 42.0 Å². The van der Waals surface area contributed by atoms with Gasteiger partial charge in [-0.2, -0.15) is 0 Å². The van der Waals surface area contributed by atoms with Gasteiger partial charge in [0.2, 0.25) is 0 Å². The van der Waals surface area contributed by atoms with Crippen LogP contribution in [0.4, 0.5) is 0 Å². The summed E-state index contributed by atoms with van der Waals surface area (Å²) in [4.78, 5) is 12.6. The van der Waals surface area contributed by atoms with Gasteiger partial charge in [-0.3, -0.25) is 4.79 Å². The topological polar surface area (TPSA) is 52.3 Å². The second kappa shape index (κ2) is 5.89. The number of halogens is 1. The van der Waals surface area contributed by atoms with Crippen molar-refractivity contribution >= 4 is 28.8 Å². The summed E-state index contributed by atoms with van der Waals surface area (Å²) in [7, 11) is 0. The van der Waals surface area contributed by atoms with Crippen molar-refractivity contribution in [3.8, 4) is 16.2 Å². The van der Waals surface area contributed by atoms with Crippen molar-refractivity contribution in [3.63, 3.8) is 0 Å². The van der Waals surface area contributed by atoms with Crippen molar-refractivity contribution in [1.29, 1.82) is 0 Å². The molecule has 2 aromatic rings. The van der Waals surface area contributed by atoms with Crippen LogP contribution >= 0.6 is 22.9 Å². The summed E-state index contributed by atoms with van der Waals surface area (Å²) < 4.78 is 5.39. The molecule has 0 aliphatic carbocycles. The monoisotopic (exact) mass is 281 g/mol. The summed E-state index contributed by atoms with van der Waals surface area (Å²) in [6.45, 7) is 0.492. The molecule has 0 saturated heterocycles. The van der Waals surface area contributed by atoms with Crippen LogP contribution in [0.1, 0.15) is 9.67 Å². The summed E-state index contributed by atoms with van der Waals surface area (Å²) in [5, 5.41) is 0. The molecule has 94 valence electrons. The van der Waals surface area contributed by atoms with E-state index >= 15 is 0 Å². The van der Waals surface area contributed by atoms with E-state index in [2.05, 4.69) is 0 Å². The molecule has 1 amide bonds. The van der Waals surface area contributed by atoms with Gasteiger partial charge in [0, 0.05) is 4.88 Å². The number of benzene rings is 1. The van der Waals surface area contributed by atoms with Crippen LogP contribution in [0.5, 0.6) is 5.75 Å². The molecule has 1 aromatic carbocycles. The van der Waals surface area contributed by atoms with Gasteiger partial charge in [-0.25, -0.2) is 0 Å². The largest absolute Gasteiger partial charge is 0.492 e. The number of alkyl halides is 1. The Morgan fingerprint density at radius 3 is 2.50 bits per heavy atom. The highest BCUT2D eigenvalue weighted by Crippen LogP contribution is 2.29. The van der Waals surface area contributed by atoms with Crippen LogP contribution in [0.3, 0.4) is 0 Å². The lowest BCUT2D eigenvalue weighted by Gasteiger charge is -2.04. The first-order valence-corrected chi connectivity index (χ1v) is 6.74. The van der Waals surface area contributed by atoms with Gasteiger partial charge < -0.3 is 10.5 Å². The molecule has 0 aliphatic heterocycles. The maximum atomic E-state index is 11.0. The number of thiophene rings is 1. The summed E-state index contributed by atoms with van der Waals surface area (Å²) in [6.07, 6.45) is 0. The van der Waals surface area contributed by atoms with E-state index in [1.165, 1.54) is 11.3 Å². The minimum Gasteiger partial charge on any atom is -0.492 e. The summed E-state index contributed by atoms with van der Waals surface area (Å²) >= 11 is 6.93. The Morgan fingerprint density at radius 2 is 1.94 bits per heavy atom. The maximum absolute atomic E-state index is 11.0. The Bertz CT molecular complexity index is 536. The number of rotatable bonds is 5. The lowest BCUT2D eigenvalue weighted by molar-refractivity contribution is 0.100. The molecule has 0 aliphatic rings. The van der Waals surface area contributed by atoms with E-state index in [1.807, 2.05) is 30.3 Å². The molecular weight excluding hydrogens is 270 g/mol. The van der Waals surface area contributed by atoms with Gasteiger partial charge in [0.05, 0.1) is 10.8 Å². The highest BCUT2D eigenvalue weighted by molar-refractivity contribution is 7.17. The van der Waals surface area contributed by atoms with Crippen LogP contribution < -0.4 is 10.5 Å². The third-order valence-corrected chi connectivity index (χ3v) is 3.64. The average Bonchev–Trinajstić information content (AvgIpc) is 2.87. The Labute approximate surface area is 114 Å². The quantitative estimate of drug-likeness (QED) is 0.856. The molecule has 2 rings (SSSR count). The molecule has 2 N–H and O–H groups in total. The number of primary amides is 1. The Hall–Kier alpha value is -1.52. The van der Waals surface area contributed by atoms with Crippen molar-refractivity contribution in [2.24, 2.45) is 5.73 Å². The fourth-order valence-electron chi connectivity index (χ4n) is 1.50. The van der Waals surface area contributed by atoms with Gasteiger partial charge in [0.15, 0.2) is 0 Å². The summed E-state index contributed by atoms with van der Waals surface area (Å²) in [6, 6.07) is 11.3. The number of ether oxygens (including phenoxy) is 1. The minimum atomic E-state index is -0.395. The van der Waals surface area contributed by atoms with Crippen LogP contribution in [0.2, 0.25) is 0 Å². The number of carbonyl (C=O) groups excluding carboxylic acids is 1. The van der Waals surface area contributed by atoms with Crippen molar-refractivity contribution in [2.75, 3.05) is 12.5 Å². The molecule has 0 atom stereocenters. The molecule has 0 unspecified atom stereocenters. The smallest absolute Gasteiger partial charge is 0.258 e. The van der Waals surface area contributed by atoms with Gasteiger partial charge in [-0.15, -0.1) is 22.9 Å². The van der Waals surface area contributed by atoms with E-state index in [0.29, 0.717) is 17.4 Å². The van der Waals surface area contributed by atoms with E-state index in [-0.39, 0.29) is 0 Å². The van der Waals surface area contributed by atoms with E-state index in [1.54, 1.807) is 6.07 Å². The number of amides is 1. The first-order valence-electron chi connectivity index (χ1n) is 5.39. The average molecular weight is 282 g/mol. The molecule has 1 heterocycles. The van der Waals surface area contributed by atoms with Crippen LogP contribution in [-0.4, -0.2) is 18.4 Å². The molecule has 0 fully saturated rings. The second-order valence-electron chi connectivity index (χ2n) is 3.59. The third kappa shape index (κ3) is 3.03. The van der Waals surface area contributed by atoms with E-state index in [9.17, 15) is 4.79 Å². The number of nitrogens with two attached hydrogens (primary N) is 1. The lowest BCUT2D eigenvalue weighted by Crippen LogP contribution is -2.07. The van der Waals surface area contributed by atoms with Crippen molar-refractivity contribution < 1.29 is 9.53 Å². The molecular formula is C13H12ClNO2S. The molecule has 0 spiro atoms. The third-order valence-electron chi connectivity index (χ3n) is 2.33. The predicted molar refractivity (Wildman–Crippen MR) is 74.5 cm³/mol. The van der Waals surface area contributed by atoms with Crippen LogP contribution in [-0.2, 0) is 0 Å². The molecule has 0 saturated carbocycles. The van der Waals surface area contributed by atoms with Gasteiger partial charge in [0.25, 0.3) is 5.91 Å². The highest BCUT2D eigenvalue weighted by atomic mass is 35.5. The zero-order valence-corrected chi connectivity index (χ0v) is 11.1. The number of hydrogen-bond donors (Lipinski definition) is 1. The summed E-state index contributed by atoms with van der Waals surface area (Å²) in [5.41, 5.74) is 6.26. The van der Waals surface area contributed by atoms with Crippen molar-refractivity contribution in [1.82, 2.24) is 0 Å². The number of carbonyl (C=O) groups is 1. The first kappa shape index (κ1) is 12.9. The Morgan fingerprint density at radius 1 is 1.22 bits per heavy atom. The zero-order valence-electron chi connectivity index (χ0n) is 9.56. The summed E-state index contributed by atoms with van der Waals surface area (Å²) in [5.74, 6) is 0.855. The van der Waals surface area contributed by atoms with E-state index in [0.717, 1.165) is 16.2 Å². The molecule has 5 heteroatoms. The first-order chi connectivity index (χ1) is 8.70. The van der Waals surface area contributed by atoms with Crippen molar-refractivity contribution in [3.05, 3.63) is 41.3 Å². The van der Waals surface area contributed by atoms with Crippen molar-refractivity contribution in [2.45, 2.75) is 0 Å². The van der Waals surface area contributed by atoms with Crippen LogP contribution in [0, 0.1) is 0 Å². The lowest BCUT2D eigenvalue weighted by atomic mass is 10.2. The number of hydrogen-bond acceptors (Lipinski definition) is 3. The standard InChI is InChI=1S/C13H12ClNO2S/c14-7-8-17-10-3-1-9(2-4-10)11-5-6-12(18-11)13(15)16/h1-6H,7-8H2,(H2,15,16). The fourth-order valence-corrected chi connectivity index (χ4v) is 2.44. The second-order valence-corrected chi connectivity index (χ2v) is 5.05. The SMILES string of the molecule is NC(=O)c1ccc(-c2ccc(OCCCl)cc2)s1. The van der Waals surface area contributed by atoms with Crippen LogP contribution in [0.25, 0.3) is 10.4 Å². The predicted octanol–water partition coefficient (Wildman–Crippen LogP) is 3.13. The molecule has 1 aromatic heterocycles. The van der Waals surface area contributed by atoms with Gasteiger partial charge >= 0.3 is 0 Å².